The third kappa shape index (κ3) is 4.32. The Morgan fingerprint density at radius 2 is 2.20 bits per heavy atom. The summed E-state index contributed by atoms with van der Waals surface area (Å²) in [5, 5.41) is 7.35. The van der Waals surface area contributed by atoms with Gasteiger partial charge in [-0.2, -0.15) is 0 Å². The molecule has 0 bridgehead atoms. The Balaban J connectivity index is 1.52. The first-order valence-corrected chi connectivity index (χ1v) is 8.33. The maximum atomic E-state index is 12.0. The molecule has 2 amide bonds. The molecule has 9 heteroatoms. The molecule has 1 aliphatic rings. The zero-order valence-corrected chi connectivity index (χ0v) is 14.1. The fourth-order valence-corrected chi connectivity index (χ4v) is 2.91. The highest BCUT2D eigenvalue weighted by Crippen LogP contribution is 2.29. The van der Waals surface area contributed by atoms with Crippen molar-refractivity contribution in [3.05, 3.63) is 35.3 Å². The highest BCUT2D eigenvalue weighted by atomic mass is 32.1. The molecule has 25 heavy (non-hydrogen) atoms. The molecule has 1 atom stereocenters. The van der Waals surface area contributed by atoms with Crippen LogP contribution in [0.15, 0.2) is 29.6 Å². The van der Waals surface area contributed by atoms with Crippen molar-refractivity contribution in [2.75, 3.05) is 10.6 Å². The number of thiazole rings is 1. The molecule has 2 N–H and O–H groups in total. The van der Waals surface area contributed by atoms with Crippen molar-refractivity contribution in [3.8, 4) is 5.75 Å². The molecule has 8 nitrogen and oxygen atoms in total. The van der Waals surface area contributed by atoms with Crippen LogP contribution in [-0.2, 0) is 25.7 Å². The van der Waals surface area contributed by atoms with Gasteiger partial charge in [-0.1, -0.05) is 12.1 Å². The summed E-state index contributed by atoms with van der Waals surface area (Å²) in [4.78, 5) is 39.0. The Hall–Kier alpha value is -2.94. The zero-order chi connectivity index (χ0) is 17.8. The monoisotopic (exact) mass is 361 g/mol. The number of rotatable bonds is 5. The molecule has 0 radical (unpaired) electrons. The number of anilines is 2. The molecule has 0 aliphatic carbocycles. The smallest absolute Gasteiger partial charge is 0.310 e. The SMILES string of the molecule is CC(=O)Nc1nc(COC(=O)CC2Oc3ccccc3NC2=O)cs1. The molecule has 0 saturated heterocycles. The van der Waals surface area contributed by atoms with Gasteiger partial charge in [0.1, 0.15) is 12.4 Å². The molecule has 1 aromatic carbocycles. The first-order valence-electron chi connectivity index (χ1n) is 7.45. The lowest BCUT2D eigenvalue weighted by Crippen LogP contribution is -2.38. The molecule has 0 fully saturated rings. The molecule has 0 spiro atoms. The largest absolute Gasteiger partial charge is 0.478 e. The van der Waals surface area contributed by atoms with Gasteiger partial charge in [-0.05, 0) is 12.1 Å². The van der Waals surface area contributed by atoms with Crippen molar-refractivity contribution >= 4 is 39.9 Å². The third-order valence-electron chi connectivity index (χ3n) is 3.27. The van der Waals surface area contributed by atoms with Crippen LogP contribution in [0.25, 0.3) is 0 Å². The van der Waals surface area contributed by atoms with Gasteiger partial charge in [-0.25, -0.2) is 4.98 Å². The maximum absolute atomic E-state index is 12.0. The van der Waals surface area contributed by atoms with Crippen molar-refractivity contribution < 1.29 is 23.9 Å². The van der Waals surface area contributed by atoms with Crippen LogP contribution in [0.2, 0.25) is 0 Å². The fraction of sp³-hybridized carbons (Fsp3) is 0.250. The highest BCUT2D eigenvalue weighted by molar-refractivity contribution is 7.13. The molecule has 2 aromatic rings. The number of ether oxygens (including phenoxy) is 2. The molecular formula is C16H15N3O5S. The number of amides is 2. The minimum absolute atomic E-state index is 0.0418. The van der Waals surface area contributed by atoms with Gasteiger partial charge in [0, 0.05) is 12.3 Å². The number of carbonyl (C=O) groups is 3. The van der Waals surface area contributed by atoms with E-state index in [4.69, 9.17) is 9.47 Å². The van der Waals surface area contributed by atoms with Crippen LogP contribution >= 0.6 is 11.3 Å². The van der Waals surface area contributed by atoms with Crippen LogP contribution in [0.3, 0.4) is 0 Å². The average molecular weight is 361 g/mol. The van der Waals surface area contributed by atoms with E-state index < -0.39 is 18.0 Å². The van der Waals surface area contributed by atoms with Gasteiger partial charge in [-0.3, -0.25) is 14.4 Å². The zero-order valence-electron chi connectivity index (χ0n) is 13.3. The second-order valence-corrected chi connectivity index (χ2v) is 6.14. The number of carbonyl (C=O) groups excluding carboxylic acids is 3. The number of para-hydroxylation sites is 2. The number of benzene rings is 1. The quantitative estimate of drug-likeness (QED) is 0.788. The minimum atomic E-state index is -0.937. The van der Waals surface area contributed by atoms with Crippen LogP contribution < -0.4 is 15.4 Å². The van der Waals surface area contributed by atoms with E-state index in [2.05, 4.69) is 15.6 Å². The van der Waals surface area contributed by atoms with E-state index in [9.17, 15) is 14.4 Å². The van der Waals surface area contributed by atoms with Gasteiger partial charge in [0.2, 0.25) is 5.91 Å². The summed E-state index contributed by atoms with van der Waals surface area (Å²) in [6.07, 6.45) is -1.14. The summed E-state index contributed by atoms with van der Waals surface area (Å²) in [6, 6.07) is 6.99. The standard InChI is InChI=1S/C16H15N3O5S/c1-9(20)17-16-18-10(8-25-16)7-23-14(21)6-13-15(22)19-11-4-2-3-5-12(11)24-13/h2-5,8,13H,6-7H2,1H3,(H,19,22)(H,17,18,20). The molecular weight excluding hydrogens is 346 g/mol. The lowest BCUT2D eigenvalue weighted by atomic mass is 10.1. The summed E-state index contributed by atoms with van der Waals surface area (Å²) in [7, 11) is 0. The molecule has 3 rings (SSSR count). The van der Waals surface area contributed by atoms with Gasteiger partial charge in [0.05, 0.1) is 17.8 Å². The van der Waals surface area contributed by atoms with Crippen LogP contribution in [0.4, 0.5) is 10.8 Å². The Labute approximate surface area is 147 Å². The Morgan fingerprint density at radius 1 is 1.40 bits per heavy atom. The average Bonchev–Trinajstić information content (AvgIpc) is 3.00. The molecule has 2 heterocycles. The van der Waals surface area contributed by atoms with Crippen molar-refractivity contribution in [2.24, 2.45) is 0 Å². The van der Waals surface area contributed by atoms with Crippen LogP contribution in [-0.4, -0.2) is 28.9 Å². The lowest BCUT2D eigenvalue weighted by molar-refractivity contribution is -0.149. The second-order valence-electron chi connectivity index (χ2n) is 5.28. The highest BCUT2D eigenvalue weighted by Gasteiger charge is 2.30. The van der Waals surface area contributed by atoms with E-state index >= 15 is 0 Å². The number of esters is 1. The van der Waals surface area contributed by atoms with E-state index in [0.29, 0.717) is 22.3 Å². The molecule has 1 aliphatic heterocycles. The topological polar surface area (TPSA) is 107 Å². The summed E-state index contributed by atoms with van der Waals surface area (Å²) >= 11 is 1.23. The predicted molar refractivity (Wildman–Crippen MR) is 90.3 cm³/mol. The number of hydrogen-bond acceptors (Lipinski definition) is 7. The van der Waals surface area contributed by atoms with Gasteiger partial charge in [0.15, 0.2) is 11.2 Å². The number of aromatic nitrogens is 1. The third-order valence-corrected chi connectivity index (χ3v) is 4.08. The number of hydrogen-bond donors (Lipinski definition) is 2. The number of nitrogens with zero attached hydrogens (tertiary/aromatic N) is 1. The second kappa shape index (κ2) is 7.31. The molecule has 130 valence electrons. The Kier molecular flexibility index (Phi) is 4.94. The van der Waals surface area contributed by atoms with Crippen molar-refractivity contribution in [1.29, 1.82) is 0 Å². The van der Waals surface area contributed by atoms with E-state index in [0.717, 1.165) is 0 Å². The summed E-state index contributed by atoms with van der Waals surface area (Å²) in [5.41, 5.74) is 1.09. The maximum Gasteiger partial charge on any atom is 0.310 e. The van der Waals surface area contributed by atoms with Gasteiger partial charge < -0.3 is 20.1 Å². The van der Waals surface area contributed by atoms with Gasteiger partial charge >= 0.3 is 5.97 Å². The van der Waals surface area contributed by atoms with Crippen molar-refractivity contribution in [2.45, 2.75) is 26.1 Å². The molecule has 1 unspecified atom stereocenters. The molecule has 0 saturated carbocycles. The van der Waals surface area contributed by atoms with Gasteiger partial charge in [-0.15, -0.1) is 11.3 Å². The number of nitrogens with one attached hydrogen (secondary N) is 2. The van der Waals surface area contributed by atoms with Crippen molar-refractivity contribution in [3.63, 3.8) is 0 Å². The van der Waals surface area contributed by atoms with E-state index in [-0.39, 0.29) is 18.9 Å². The summed E-state index contributed by atoms with van der Waals surface area (Å²) in [6.45, 7) is 1.34. The van der Waals surface area contributed by atoms with Crippen LogP contribution in [0, 0.1) is 0 Å². The van der Waals surface area contributed by atoms with Crippen molar-refractivity contribution in [1.82, 2.24) is 4.98 Å². The van der Waals surface area contributed by atoms with E-state index in [1.54, 1.807) is 29.6 Å². The van der Waals surface area contributed by atoms with Gasteiger partial charge in [0.25, 0.3) is 5.91 Å². The van der Waals surface area contributed by atoms with Crippen LogP contribution in [0.1, 0.15) is 19.0 Å². The van der Waals surface area contributed by atoms with Crippen LogP contribution in [0.5, 0.6) is 5.75 Å². The number of fused-ring (bicyclic) bond motifs is 1. The predicted octanol–water partition coefficient (Wildman–Crippen LogP) is 1.93. The Morgan fingerprint density at radius 3 is 3.00 bits per heavy atom. The molecule has 1 aromatic heterocycles. The first-order chi connectivity index (χ1) is 12.0. The Bertz CT molecular complexity index is 820. The fourth-order valence-electron chi connectivity index (χ4n) is 2.17. The summed E-state index contributed by atoms with van der Waals surface area (Å²) in [5.74, 6) is -0.677. The van der Waals surface area contributed by atoms with E-state index in [1.165, 1.54) is 18.3 Å². The lowest BCUT2D eigenvalue weighted by Gasteiger charge is -2.25. The normalized spacial score (nSPS) is 15.6. The first kappa shape index (κ1) is 16.9. The minimum Gasteiger partial charge on any atom is -0.478 e. The van der Waals surface area contributed by atoms with E-state index in [1.807, 2.05) is 0 Å². The summed E-state index contributed by atoms with van der Waals surface area (Å²) < 4.78 is 10.7.